The predicted octanol–water partition coefficient (Wildman–Crippen LogP) is 3.12. The maximum Gasteiger partial charge on any atom is 0.270 e. The van der Waals surface area contributed by atoms with Gasteiger partial charge in [-0.2, -0.15) is 0 Å². The second-order valence-electron chi connectivity index (χ2n) is 4.14. The van der Waals surface area contributed by atoms with Crippen molar-refractivity contribution in [3.63, 3.8) is 0 Å². The molecular weight excluding hydrogens is 247 g/mol. The van der Waals surface area contributed by atoms with Crippen molar-refractivity contribution in [2.24, 2.45) is 0 Å². The third kappa shape index (κ3) is 2.95. The van der Waals surface area contributed by atoms with Crippen molar-refractivity contribution in [2.45, 2.75) is 6.54 Å². The molecule has 0 amide bonds. The molecule has 0 fully saturated rings. The van der Waals surface area contributed by atoms with Crippen molar-refractivity contribution in [1.82, 2.24) is 5.32 Å². The lowest BCUT2D eigenvalue weighted by atomic mass is 10.0. The molecular formula is C14H13FN2O2. The molecule has 2 rings (SSSR count). The highest BCUT2D eigenvalue weighted by Gasteiger charge is 2.09. The van der Waals surface area contributed by atoms with Gasteiger partial charge in [0.15, 0.2) is 0 Å². The van der Waals surface area contributed by atoms with Gasteiger partial charge in [0, 0.05) is 24.2 Å². The molecule has 0 unspecified atom stereocenters. The minimum absolute atomic E-state index is 0.00258. The topological polar surface area (TPSA) is 55.2 Å². The summed E-state index contributed by atoms with van der Waals surface area (Å²) in [6.45, 7) is 0.445. The zero-order chi connectivity index (χ0) is 13.8. The summed E-state index contributed by atoms with van der Waals surface area (Å²) in [6, 6.07) is 11.0. The van der Waals surface area contributed by atoms with Crippen molar-refractivity contribution < 1.29 is 9.31 Å². The van der Waals surface area contributed by atoms with Crippen LogP contribution in [-0.2, 0) is 6.54 Å². The van der Waals surface area contributed by atoms with Gasteiger partial charge in [-0.1, -0.05) is 24.3 Å². The van der Waals surface area contributed by atoms with Crippen LogP contribution in [0, 0.1) is 15.9 Å². The van der Waals surface area contributed by atoms with Crippen LogP contribution in [0.4, 0.5) is 10.1 Å². The summed E-state index contributed by atoms with van der Waals surface area (Å²) >= 11 is 0. The molecule has 2 aromatic carbocycles. The maximum atomic E-state index is 13.8. The van der Waals surface area contributed by atoms with E-state index in [0.29, 0.717) is 23.2 Å². The van der Waals surface area contributed by atoms with E-state index in [2.05, 4.69) is 5.32 Å². The van der Waals surface area contributed by atoms with E-state index in [9.17, 15) is 14.5 Å². The molecule has 0 atom stereocenters. The molecule has 0 aliphatic carbocycles. The van der Waals surface area contributed by atoms with Crippen LogP contribution in [0.15, 0.2) is 42.5 Å². The molecule has 0 aliphatic rings. The maximum absolute atomic E-state index is 13.8. The number of non-ortho nitro benzene ring substituents is 1. The smallest absolute Gasteiger partial charge is 0.270 e. The van der Waals surface area contributed by atoms with Crippen molar-refractivity contribution in [1.29, 1.82) is 0 Å². The molecule has 0 spiro atoms. The number of hydrogen-bond donors (Lipinski definition) is 1. The minimum Gasteiger partial charge on any atom is -0.316 e. The van der Waals surface area contributed by atoms with Crippen LogP contribution in [0.25, 0.3) is 11.1 Å². The molecule has 19 heavy (non-hydrogen) atoms. The second-order valence-corrected chi connectivity index (χ2v) is 4.14. The Balaban J connectivity index is 2.39. The fraction of sp³-hybridized carbons (Fsp3) is 0.143. The van der Waals surface area contributed by atoms with E-state index in [1.54, 1.807) is 31.3 Å². The second kappa shape index (κ2) is 5.58. The predicted molar refractivity (Wildman–Crippen MR) is 71.3 cm³/mol. The third-order valence-electron chi connectivity index (χ3n) is 2.81. The van der Waals surface area contributed by atoms with Gasteiger partial charge in [0.1, 0.15) is 5.82 Å². The number of halogens is 1. The molecule has 5 heteroatoms. The quantitative estimate of drug-likeness (QED) is 0.678. The average molecular weight is 260 g/mol. The van der Waals surface area contributed by atoms with E-state index in [1.807, 2.05) is 0 Å². The summed E-state index contributed by atoms with van der Waals surface area (Å²) in [4.78, 5) is 10.3. The highest BCUT2D eigenvalue weighted by atomic mass is 19.1. The largest absolute Gasteiger partial charge is 0.316 e. The Hall–Kier alpha value is -2.27. The molecule has 1 N–H and O–H groups in total. The Morgan fingerprint density at radius 1 is 1.21 bits per heavy atom. The zero-order valence-electron chi connectivity index (χ0n) is 10.4. The molecule has 0 aliphatic heterocycles. The normalized spacial score (nSPS) is 10.4. The highest BCUT2D eigenvalue weighted by Crippen LogP contribution is 2.25. The van der Waals surface area contributed by atoms with Gasteiger partial charge in [0.05, 0.1) is 4.92 Å². The van der Waals surface area contributed by atoms with E-state index < -0.39 is 4.92 Å². The van der Waals surface area contributed by atoms with Gasteiger partial charge in [0.2, 0.25) is 0 Å². The lowest BCUT2D eigenvalue weighted by Crippen LogP contribution is -2.06. The molecule has 0 aromatic heterocycles. The molecule has 4 nitrogen and oxygen atoms in total. The standard InChI is InChI=1S/C14H13FN2O2/c1-16-9-12-6-5-11(8-14(12)15)10-3-2-4-13(7-10)17(18)19/h2-8,16H,9H2,1H3. The van der Waals surface area contributed by atoms with Crippen molar-refractivity contribution >= 4 is 5.69 Å². The lowest BCUT2D eigenvalue weighted by Gasteiger charge is -2.06. The van der Waals surface area contributed by atoms with Crippen LogP contribution in [0.3, 0.4) is 0 Å². The summed E-state index contributed by atoms with van der Waals surface area (Å²) in [5.41, 5.74) is 1.82. The van der Waals surface area contributed by atoms with E-state index in [4.69, 9.17) is 0 Å². The molecule has 0 heterocycles. The van der Waals surface area contributed by atoms with Crippen LogP contribution in [0.1, 0.15) is 5.56 Å². The average Bonchev–Trinajstić information content (AvgIpc) is 2.41. The number of benzene rings is 2. The molecule has 2 aromatic rings. The van der Waals surface area contributed by atoms with E-state index in [1.165, 1.54) is 18.2 Å². The van der Waals surface area contributed by atoms with Crippen molar-refractivity contribution in [2.75, 3.05) is 7.05 Å². The SMILES string of the molecule is CNCc1ccc(-c2cccc([N+](=O)[O-])c2)cc1F. The van der Waals surface area contributed by atoms with Crippen LogP contribution in [-0.4, -0.2) is 12.0 Å². The van der Waals surface area contributed by atoms with Gasteiger partial charge in [-0.25, -0.2) is 4.39 Å². The Morgan fingerprint density at radius 2 is 1.95 bits per heavy atom. The van der Waals surface area contributed by atoms with E-state index >= 15 is 0 Å². The van der Waals surface area contributed by atoms with E-state index in [0.717, 1.165) is 0 Å². The lowest BCUT2D eigenvalue weighted by molar-refractivity contribution is -0.384. The minimum atomic E-state index is -0.463. The summed E-state index contributed by atoms with van der Waals surface area (Å²) in [6.07, 6.45) is 0. The van der Waals surface area contributed by atoms with Gasteiger partial charge in [-0.15, -0.1) is 0 Å². The Bertz CT molecular complexity index is 614. The first-order valence-electron chi connectivity index (χ1n) is 5.79. The number of hydrogen-bond acceptors (Lipinski definition) is 3. The molecule has 0 bridgehead atoms. The summed E-state index contributed by atoms with van der Waals surface area (Å²) < 4.78 is 13.8. The van der Waals surface area contributed by atoms with Gasteiger partial charge < -0.3 is 5.32 Å². The fourth-order valence-corrected chi connectivity index (χ4v) is 1.86. The molecule has 98 valence electrons. The molecule has 0 radical (unpaired) electrons. The Morgan fingerprint density at radius 3 is 2.58 bits per heavy atom. The number of nitrogens with one attached hydrogen (secondary N) is 1. The third-order valence-corrected chi connectivity index (χ3v) is 2.81. The van der Waals surface area contributed by atoms with Crippen molar-refractivity contribution in [3.05, 3.63) is 64.0 Å². The summed E-state index contributed by atoms with van der Waals surface area (Å²) in [7, 11) is 1.74. The van der Waals surface area contributed by atoms with Crippen LogP contribution in [0.2, 0.25) is 0 Å². The van der Waals surface area contributed by atoms with Crippen molar-refractivity contribution in [3.8, 4) is 11.1 Å². The first-order valence-corrected chi connectivity index (χ1v) is 5.79. The number of rotatable bonds is 4. The zero-order valence-corrected chi connectivity index (χ0v) is 10.4. The monoisotopic (exact) mass is 260 g/mol. The first kappa shape index (κ1) is 13.2. The molecule has 0 saturated carbocycles. The number of nitro benzene ring substituents is 1. The van der Waals surface area contributed by atoms with E-state index in [-0.39, 0.29) is 11.5 Å². The number of nitro groups is 1. The molecule has 0 saturated heterocycles. The number of nitrogens with zero attached hydrogens (tertiary/aromatic N) is 1. The Kier molecular flexibility index (Phi) is 3.87. The van der Waals surface area contributed by atoms with Crippen LogP contribution in [0.5, 0.6) is 0 Å². The summed E-state index contributed by atoms with van der Waals surface area (Å²) in [5.74, 6) is -0.321. The van der Waals surface area contributed by atoms with Gasteiger partial charge >= 0.3 is 0 Å². The van der Waals surface area contributed by atoms with Gasteiger partial charge in [0.25, 0.3) is 5.69 Å². The van der Waals surface area contributed by atoms with Crippen LogP contribution >= 0.6 is 0 Å². The summed E-state index contributed by atoms with van der Waals surface area (Å²) in [5, 5.41) is 13.6. The van der Waals surface area contributed by atoms with Gasteiger partial charge in [-0.05, 0) is 24.2 Å². The fourth-order valence-electron chi connectivity index (χ4n) is 1.86. The Labute approximate surface area is 110 Å². The highest BCUT2D eigenvalue weighted by molar-refractivity contribution is 5.66. The first-order chi connectivity index (χ1) is 9.11. The van der Waals surface area contributed by atoms with Crippen LogP contribution < -0.4 is 5.32 Å². The van der Waals surface area contributed by atoms with Gasteiger partial charge in [-0.3, -0.25) is 10.1 Å².